The van der Waals surface area contributed by atoms with Crippen molar-refractivity contribution in [3.63, 3.8) is 0 Å². The van der Waals surface area contributed by atoms with Crippen molar-refractivity contribution in [2.24, 2.45) is 5.92 Å². The number of carbonyl (C=O) groups is 2. The molecule has 0 unspecified atom stereocenters. The van der Waals surface area contributed by atoms with Crippen molar-refractivity contribution in [2.45, 2.75) is 33.7 Å². The molecule has 2 amide bonds. The van der Waals surface area contributed by atoms with E-state index in [0.29, 0.717) is 37.7 Å². The van der Waals surface area contributed by atoms with Gasteiger partial charge in [-0.3, -0.25) is 9.59 Å². The van der Waals surface area contributed by atoms with Crippen LogP contribution in [-0.4, -0.2) is 51.1 Å². The van der Waals surface area contributed by atoms with Crippen molar-refractivity contribution < 1.29 is 9.59 Å². The molecule has 1 aromatic heterocycles. The number of benzene rings is 2. The van der Waals surface area contributed by atoms with Crippen LogP contribution in [0.4, 0.5) is 0 Å². The third-order valence-electron chi connectivity index (χ3n) is 5.88. The van der Waals surface area contributed by atoms with E-state index in [1.165, 1.54) is 11.1 Å². The molecule has 0 spiro atoms. The molecule has 32 heavy (non-hydrogen) atoms. The smallest absolute Gasteiger partial charge is 0.244 e. The molecule has 1 fully saturated rings. The van der Waals surface area contributed by atoms with Crippen LogP contribution in [0.15, 0.2) is 48.5 Å². The predicted molar refractivity (Wildman–Crippen MR) is 123 cm³/mol. The Kier molecular flexibility index (Phi) is 6.35. The minimum absolute atomic E-state index is 0.00385. The van der Waals surface area contributed by atoms with Crippen molar-refractivity contribution in [2.75, 3.05) is 19.6 Å². The van der Waals surface area contributed by atoms with Gasteiger partial charge in [0.25, 0.3) is 0 Å². The number of nitrogens with one attached hydrogen (secondary N) is 1. The topological polar surface area (TPSA) is 80.1 Å². The zero-order valence-corrected chi connectivity index (χ0v) is 18.8. The summed E-state index contributed by atoms with van der Waals surface area (Å²) < 4.78 is 1.62. The fourth-order valence-corrected chi connectivity index (χ4v) is 4.16. The van der Waals surface area contributed by atoms with E-state index < -0.39 is 0 Å². The maximum atomic E-state index is 12.9. The minimum atomic E-state index is -0.287. The van der Waals surface area contributed by atoms with E-state index in [2.05, 4.69) is 70.9 Å². The number of aryl methyl sites for hydroxylation is 3. The van der Waals surface area contributed by atoms with Gasteiger partial charge in [-0.05, 0) is 43.9 Å². The first-order valence-corrected chi connectivity index (χ1v) is 11.0. The first-order chi connectivity index (χ1) is 15.4. The zero-order chi connectivity index (χ0) is 22.7. The highest BCUT2D eigenvalue weighted by Gasteiger charge is 2.28. The lowest BCUT2D eigenvalue weighted by Gasteiger charge is -2.23. The van der Waals surface area contributed by atoms with Gasteiger partial charge in [0.1, 0.15) is 18.2 Å². The molecule has 1 atom stereocenters. The van der Waals surface area contributed by atoms with Crippen molar-refractivity contribution in [1.82, 2.24) is 25.0 Å². The summed E-state index contributed by atoms with van der Waals surface area (Å²) in [7, 11) is 0. The molecule has 1 N–H and O–H groups in total. The quantitative estimate of drug-likeness (QED) is 0.674. The molecule has 7 heteroatoms. The summed E-state index contributed by atoms with van der Waals surface area (Å²) in [5, 5.41) is 7.24. The number of rotatable bonds is 5. The molecule has 0 radical (unpaired) electrons. The van der Waals surface area contributed by atoms with Gasteiger partial charge in [-0.15, -0.1) is 0 Å². The Bertz CT molecular complexity index is 1120. The van der Waals surface area contributed by atoms with Gasteiger partial charge in [0.15, 0.2) is 0 Å². The zero-order valence-electron chi connectivity index (χ0n) is 18.8. The van der Waals surface area contributed by atoms with E-state index in [9.17, 15) is 9.59 Å². The highest BCUT2D eigenvalue weighted by atomic mass is 16.2. The molecule has 0 bridgehead atoms. The van der Waals surface area contributed by atoms with Crippen LogP contribution in [0.3, 0.4) is 0 Å². The number of aromatic nitrogens is 3. The van der Waals surface area contributed by atoms with Crippen molar-refractivity contribution in [3.8, 4) is 11.1 Å². The molecule has 4 rings (SSSR count). The Hall–Kier alpha value is -3.48. The molecule has 2 heterocycles. The van der Waals surface area contributed by atoms with E-state index in [0.717, 1.165) is 11.1 Å². The number of nitrogens with zero attached hydrogens (tertiary/aromatic N) is 4. The van der Waals surface area contributed by atoms with Gasteiger partial charge in [0.2, 0.25) is 11.8 Å². The van der Waals surface area contributed by atoms with Gasteiger partial charge >= 0.3 is 0 Å². The molecule has 7 nitrogen and oxygen atoms in total. The Balaban J connectivity index is 1.44. The van der Waals surface area contributed by atoms with Gasteiger partial charge in [0, 0.05) is 19.6 Å². The summed E-state index contributed by atoms with van der Waals surface area (Å²) >= 11 is 0. The minimum Gasteiger partial charge on any atom is -0.354 e. The van der Waals surface area contributed by atoms with Crippen LogP contribution >= 0.6 is 0 Å². The van der Waals surface area contributed by atoms with Crippen LogP contribution < -0.4 is 5.32 Å². The lowest BCUT2D eigenvalue weighted by atomic mass is 9.95. The van der Waals surface area contributed by atoms with E-state index in [-0.39, 0.29) is 24.3 Å². The lowest BCUT2D eigenvalue weighted by molar-refractivity contribution is -0.132. The molecular formula is C25H29N5O2. The summed E-state index contributed by atoms with van der Waals surface area (Å²) in [6.45, 7) is 7.23. The maximum Gasteiger partial charge on any atom is 0.244 e. The fraction of sp³-hybridized carbons (Fsp3) is 0.360. The average Bonchev–Trinajstić information content (AvgIpc) is 2.97. The van der Waals surface area contributed by atoms with Crippen LogP contribution in [-0.2, 0) is 22.6 Å². The molecule has 1 saturated heterocycles. The Morgan fingerprint density at radius 1 is 1.09 bits per heavy atom. The second kappa shape index (κ2) is 9.34. The number of amides is 2. The second-order valence-electron chi connectivity index (χ2n) is 8.46. The fourth-order valence-electron chi connectivity index (χ4n) is 4.16. The molecule has 1 aliphatic heterocycles. The van der Waals surface area contributed by atoms with E-state index in [1.807, 2.05) is 13.8 Å². The van der Waals surface area contributed by atoms with Gasteiger partial charge < -0.3 is 10.2 Å². The van der Waals surface area contributed by atoms with E-state index >= 15 is 0 Å². The predicted octanol–water partition coefficient (Wildman–Crippen LogP) is 2.69. The van der Waals surface area contributed by atoms with Crippen LogP contribution in [0, 0.1) is 26.7 Å². The first kappa shape index (κ1) is 21.7. The van der Waals surface area contributed by atoms with Gasteiger partial charge in [-0.1, -0.05) is 54.1 Å². The normalized spacial score (nSPS) is 16.5. The number of hydrogen-bond donors (Lipinski definition) is 1. The summed E-state index contributed by atoms with van der Waals surface area (Å²) in [6, 6.07) is 16.7. The molecule has 2 aromatic carbocycles. The third kappa shape index (κ3) is 5.04. The van der Waals surface area contributed by atoms with Crippen LogP contribution in [0.2, 0.25) is 0 Å². The Labute approximate surface area is 188 Å². The monoisotopic (exact) mass is 431 g/mol. The second-order valence-corrected chi connectivity index (χ2v) is 8.46. The standard InChI is InChI=1S/C25H29N5O2/c1-17-5-4-6-22(13-17)21-9-7-20(8-10-21)14-23-15-29(12-11-26-25(23)32)24(31)16-30-19(3)27-18(2)28-30/h4-10,13,23H,11-12,14-16H2,1-3H3,(H,26,32)/t23-/m1/s1. The highest BCUT2D eigenvalue weighted by Crippen LogP contribution is 2.22. The van der Waals surface area contributed by atoms with E-state index in [4.69, 9.17) is 0 Å². The molecule has 0 aliphatic carbocycles. The summed E-state index contributed by atoms with van der Waals surface area (Å²) in [5.41, 5.74) is 4.64. The number of carbonyl (C=O) groups excluding carboxylic acids is 2. The summed E-state index contributed by atoms with van der Waals surface area (Å²) in [6.07, 6.45) is 0.588. The third-order valence-corrected chi connectivity index (χ3v) is 5.88. The summed E-state index contributed by atoms with van der Waals surface area (Å²) in [5.74, 6) is 1.02. The lowest BCUT2D eigenvalue weighted by Crippen LogP contribution is -2.39. The van der Waals surface area contributed by atoms with Gasteiger partial charge in [0.05, 0.1) is 5.92 Å². The Morgan fingerprint density at radius 2 is 1.88 bits per heavy atom. The molecule has 1 aliphatic rings. The largest absolute Gasteiger partial charge is 0.354 e. The van der Waals surface area contributed by atoms with Crippen LogP contribution in [0.25, 0.3) is 11.1 Å². The van der Waals surface area contributed by atoms with Gasteiger partial charge in [-0.2, -0.15) is 5.10 Å². The SMILES string of the molecule is Cc1cccc(-c2ccc(C[C@@H]3CN(C(=O)Cn4nc(C)nc4C)CCNC3=O)cc2)c1. The van der Waals surface area contributed by atoms with Gasteiger partial charge in [-0.25, -0.2) is 9.67 Å². The molecule has 166 valence electrons. The van der Waals surface area contributed by atoms with Crippen LogP contribution in [0.1, 0.15) is 22.8 Å². The van der Waals surface area contributed by atoms with Crippen molar-refractivity contribution in [3.05, 3.63) is 71.3 Å². The maximum absolute atomic E-state index is 12.9. The average molecular weight is 432 g/mol. The number of hydrogen-bond acceptors (Lipinski definition) is 4. The summed E-state index contributed by atoms with van der Waals surface area (Å²) in [4.78, 5) is 31.6. The molecule has 3 aromatic rings. The van der Waals surface area contributed by atoms with Crippen molar-refractivity contribution >= 4 is 11.8 Å². The molecular weight excluding hydrogens is 402 g/mol. The highest BCUT2D eigenvalue weighted by molar-refractivity contribution is 5.82. The van der Waals surface area contributed by atoms with E-state index in [1.54, 1.807) is 9.58 Å². The molecule has 0 saturated carbocycles. The Morgan fingerprint density at radius 3 is 2.56 bits per heavy atom. The van der Waals surface area contributed by atoms with Crippen molar-refractivity contribution in [1.29, 1.82) is 0 Å². The van der Waals surface area contributed by atoms with Crippen LogP contribution in [0.5, 0.6) is 0 Å². The first-order valence-electron chi connectivity index (χ1n) is 11.0.